The Hall–Kier alpha value is -3.75. The van der Waals surface area contributed by atoms with E-state index < -0.39 is 11.9 Å². The lowest BCUT2D eigenvalue weighted by atomic mass is 9.82. The van der Waals surface area contributed by atoms with E-state index in [2.05, 4.69) is 31.3 Å². The smallest absolute Gasteiger partial charge is 0.435 e. The lowest BCUT2D eigenvalue weighted by Gasteiger charge is -2.34. The van der Waals surface area contributed by atoms with Gasteiger partial charge in [-0.15, -0.1) is 0 Å². The number of esters is 1. The highest BCUT2D eigenvalue weighted by Gasteiger charge is 2.58. The number of alkyl halides is 3. The molecule has 50 heavy (non-hydrogen) atoms. The van der Waals surface area contributed by atoms with E-state index in [4.69, 9.17) is 4.74 Å². The maximum Gasteiger partial charge on any atom is 0.435 e. The molecule has 5 nitrogen and oxygen atoms in total. The Morgan fingerprint density at radius 1 is 0.940 bits per heavy atom. The molecule has 0 aromatic rings. The number of methoxy groups -OCH3 is 1. The monoisotopic (exact) mass is 687 g/mol. The van der Waals surface area contributed by atoms with Crippen molar-refractivity contribution < 1.29 is 32.6 Å². The molecule has 0 spiro atoms. The maximum atomic E-state index is 15.0. The molecule has 0 aromatic carbocycles. The Kier molecular flexibility index (Phi) is 9.68. The fourth-order valence-electron chi connectivity index (χ4n) is 8.88. The van der Waals surface area contributed by atoms with Crippen LogP contribution in [0.4, 0.5) is 13.2 Å². The van der Waals surface area contributed by atoms with Gasteiger partial charge in [0.05, 0.1) is 7.11 Å². The summed E-state index contributed by atoms with van der Waals surface area (Å²) >= 11 is 0. The molecular formula is C42H48F3NO4. The highest BCUT2D eigenvalue weighted by Crippen LogP contribution is 2.53. The van der Waals surface area contributed by atoms with Gasteiger partial charge in [0.2, 0.25) is 5.72 Å². The molecule has 1 unspecified atom stereocenters. The normalized spacial score (nSPS) is 24.7. The highest BCUT2D eigenvalue weighted by molar-refractivity contribution is 6.08. The first kappa shape index (κ1) is 36.1. The molecule has 0 heterocycles. The third kappa shape index (κ3) is 5.92. The van der Waals surface area contributed by atoms with Gasteiger partial charge in [-0.25, -0.2) is 0 Å². The summed E-state index contributed by atoms with van der Waals surface area (Å²) in [6.07, 6.45) is 8.93. The summed E-state index contributed by atoms with van der Waals surface area (Å²) < 4.78 is 50.1. The number of aliphatic hydroxyl groups is 1. The predicted molar refractivity (Wildman–Crippen MR) is 190 cm³/mol. The first-order valence-electron chi connectivity index (χ1n) is 17.9. The maximum absolute atomic E-state index is 15.0. The molecule has 6 aliphatic carbocycles. The molecule has 0 saturated heterocycles. The summed E-state index contributed by atoms with van der Waals surface area (Å²) in [6.45, 7) is 11.8. The zero-order valence-electron chi connectivity index (χ0n) is 30.2. The quantitative estimate of drug-likeness (QED) is 0.144. The molecule has 2 N–H and O–H groups in total. The van der Waals surface area contributed by atoms with Gasteiger partial charge in [-0.2, -0.15) is 13.2 Å². The van der Waals surface area contributed by atoms with Crippen LogP contribution in [0, 0.1) is 11.8 Å². The van der Waals surface area contributed by atoms with E-state index in [1.54, 1.807) is 6.92 Å². The minimum Gasteiger partial charge on any atom is -0.469 e. The van der Waals surface area contributed by atoms with Crippen molar-refractivity contribution in [2.75, 3.05) is 13.7 Å². The molecule has 8 heteroatoms. The molecule has 0 fully saturated rings. The Labute approximate surface area is 293 Å². The molecule has 0 radical (unpaired) electrons. The molecule has 6 aliphatic rings. The standard InChI is InChI=1S/C42H48F3NO4/c1-8-10-13-46-41(49,42(43,44)45)40-25(6)27-14-28-19-34(33(23(28)4)11-12-38(48)50-7)35-21-37(47)39-24(5)29(20-36(35)39)16-30-15-26(17-31(40)18-27)22(3)32(30)9-2/h14-17,19,23,33,46,49H,8-13,18,20-21H2,1-7H3/t23-,33+,41?/m1/s1. The van der Waals surface area contributed by atoms with Crippen molar-refractivity contribution in [1.29, 1.82) is 0 Å². The number of halogens is 3. The average molecular weight is 688 g/mol. The van der Waals surface area contributed by atoms with Gasteiger partial charge in [0.15, 0.2) is 5.78 Å². The number of hydrogen-bond donors (Lipinski definition) is 2. The van der Waals surface area contributed by atoms with Crippen LogP contribution < -0.4 is 5.32 Å². The van der Waals surface area contributed by atoms with Gasteiger partial charge in [-0.3, -0.25) is 14.9 Å². The molecule has 8 bridgehead atoms. The Balaban J connectivity index is 1.61. The number of carbonyl (C=O) groups excluding carboxylic acids is 2. The van der Waals surface area contributed by atoms with Gasteiger partial charge in [0.25, 0.3) is 0 Å². The lowest BCUT2D eigenvalue weighted by Crippen LogP contribution is -2.58. The van der Waals surface area contributed by atoms with E-state index in [1.807, 2.05) is 39.0 Å². The van der Waals surface area contributed by atoms with Crippen molar-refractivity contribution in [3.05, 3.63) is 114 Å². The SMILES string of the molecule is CCCCNC(O)(C1=C2C=C3C=C(C=C4CC5=C(CC(=O)C5=C4C)C4=CC(=CC(=C1C)C2)[C@@H](C)[C@@H]4CCC(=O)OC)C(CC)=C3C)C(F)(F)F. The number of nitrogens with one attached hydrogen (secondary N) is 1. The second-order valence-electron chi connectivity index (χ2n) is 14.5. The molecule has 0 aromatic heterocycles. The lowest BCUT2D eigenvalue weighted by molar-refractivity contribution is -0.255. The zero-order valence-corrected chi connectivity index (χ0v) is 30.2. The van der Waals surface area contributed by atoms with Crippen molar-refractivity contribution >= 4 is 11.8 Å². The van der Waals surface area contributed by atoms with Crippen LogP contribution in [0.2, 0.25) is 0 Å². The number of unbranched alkanes of at least 4 members (excludes halogenated alkanes) is 1. The van der Waals surface area contributed by atoms with Gasteiger partial charge in [-0.05, 0) is 150 Å². The van der Waals surface area contributed by atoms with Gasteiger partial charge in [-0.1, -0.05) is 51.5 Å². The largest absolute Gasteiger partial charge is 0.469 e. The van der Waals surface area contributed by atoms with Crippen LogP contribution in [0.1, 0.15) is 92.9 Å². The van der Waals surface area contributed by atoms with Crippen LogP contribution in [-0.2, 0) is 14.3 Å². The molecule has 6 rings (SSSR count). The van der Waals surface area contributed by atoms with Crippen LogP contribution in [-0.4, -0.2) is 42.4 Å². The summed E-state index contributed by atoms with van der Waals surface area (Å²) in [7, 11) is 1.37. The van der Waals surface area contributed by atoms with E-state index in [9.17, 15) is 14.7 Å². The number of hydrogen-bond acceptors (Lipinski definition) is 5. The Bertz CT molecular complexity index is 1880. The molecular weight excluding hydrogens is 639 g/mol. The molecule has 266 valence electrons. The van der Waals surface area contributed by atoms with Crippen LogP contribution in [0.5, 0.6) is 0 Å². The van der Waals surface area contributed by atoms with E-state index >= 15 is 13.2 Å². The number of fused-ring (bicyclic) bond motifs is 6. The third-order valence-electron chi connectivity index (χ3n) is 11.7. The summed E-state index contributed by atoms with van der Waals surface area (Å²) in [6, 6.07) is 0. The summed E-state index contributed by atoms with van der Waals surface area (Å²) in [4.78, 5) is 26.0. The Morgan fingerprint density at radius 3 is 2.34 bits per heavy atom. The summed E-state index contributed by atoms with van der Waals surface area (Å²) in [5, 5.41) is 14.2. The molecule has 3 atom stereocenters. The number of allylic oxidation sites excluding steroid dienone is 18. The van der Waals surface area contributed by atoms with Crippen molar-refractivity contribution in [2.24, 2.45) is 11.8 Å². The highest BCUT2D eigenvalue weighted by atomic mass is 19.4. The van der Waals surface area contributed by atoms with Gasteiger partial charge in [0, 0.05) is 24.0 Å². The second kappa shape index (κ2) is 13.4. The van der Waals surface area contributed by atoms with Crippen LogP contribution in [0.25, 0.3) is 0 Å². The minimum absolute atomic E-state index is 0.0100. The number of ether oxygens (including phenoxy) is 1. The fraction of sp³-hybridized carbons (Fsp3) is 0.476. The number of rotatable bonds is 9. The fourth-order valence-corrected chi connectivity index (χ4v) is 8.88. The van der Waals surface area contributed by atoms with Crippen molar-refractivity contribution in [3.8, 4) is 0 Å². The number of Topliss-reactive ketones (excluding diaryl/α,β-unsaturated/α-hetero) is 1. The van der Waals surface area contributed by atoms with Gasteiger partial charge in [0.1, 0.15) is 0 Å². The average Bonchev–Trinajstić information content (AvgIpc) is 3.81. The number of ketones is 1. The van der Waals surface area contributed by atoms with Gasteiger partial charge < -0.3 is 9.84 Å². The zero-order chi connectivity index (χ0) is 36.3. The van der Waals surface area contributed by atoms with E-state index in [0.29, 0.717) is 48.8 Å². The van der Waals surface area contributed by atoms with Crippen molar-refractivity contribution in [2.45, 2.75) is 105 Å². The van der Waals surface area contributed by atoms with Crippen molar-refractivity contribution in [1.82, 2.24) is 5.32 Å². The van der Waals surface area contributed by atoms with Crippen LogP contribution >= 0.6 is 0 Å². The first-order chi connectivity index (χ1) is 23.6. The summed E-state index contributed by atoms with van der Waals surface area (Å²) in [5.74, 6) is -0.343. The Morgan fingerprint density at radius 2 is 1.68 bits per heavy atom. The third-order valence-corrected chi connectivity index (χ3v) is 11.7. The predicted octanol–water partition coefficient (Wildman–Crippen LogP) is 9.24. The molecule has 0 amide bonds. The molecule has 0 saturated carbocycles. The molecule has 0 aliphatic heterocycles. The van der Waals surface area contributed by atoms with E-state index in [-0.39, 0.29) is 48.5 Å². The van der Waals surface area contributed by atoms with Crippen LogP contribution in [0.15, 0.2) is 114 Å². The van der Waals surface area contributed by atoms with E-state index in [1.165, 1.54) is 7.11 Å². The van der Waals surface area contributed by atoms with Gasteiger partial charge >= 0.3 is 12.1 Å². The summed E-state index contributed by atoms with van der Waals surface area (Å²) in [5.41, 5.74) is 8.98. The second-order valence-corrected chi connectivity index (χ2v) is 14.5. The first-order valence-corrected chi connectivity index (χ1v) is 17.9. The van der Waals surface area contributed by atoms with Crippen molar-refractivity contribution in [3.63, 3.8) is 0 Å². The van der Waals surface area contributed by atoms with Crippen LogP contribution in [0.3, 0.4) is 0 Å². The van der Waals surface area contributed by atoms with E-state index in [0.717, 1.165) is 67.7 Å². The number of carbonyl (C=O) groups is 2. The topological polar surface area (TPSA) is 75.6 Å². The minimum atomic E-state index is -4.97.